The van der Waals surface area contributed by atoms with E-state index in [1.165, 1.54) is 0 Å². The summed E-state index contributed by atoms with van der Waals surface area (Å²) in [6.07, 6.45) is -0.340. The SMILES string of the molecule is [2H]c1c([2H])c2c([2H])c([2H])c3c([2H])c([2H])c(Cc4cc(-c5c([2H])c([2H])c6c([2H])c([2H])c7c([2H])c([2H])c([2H])c8c([2H])c([2H])c5c6c78)cc(-c5ccc6oc7ccccc7c6c5)c4-c4ccc5oc6ccccc6c5c4)c4c([2H])c([2H])c(c1[2H])c2c34. The Morgan fingerprint density at radius 2 is 0.815 bits per heavy atom. The second-order valence-electron chi connectivity index (χ2n) is 16.5. The first-order chi connectivity index (χ1) is 39.7. The van der Waals surface area contributed by atoms with Gasteiger partial charge in [-0.3, -0.25) is 0 Å². The first-order valence-electron chi connectivity index (χ1n) is 30.1. The number of rotatable bonds is 5. The molecule has 0 unspecified atom stereocenters. The molecule has 0 N–H and O–H groups in total. The van der Waals surface area contributed by atoms with Gasteiger partial charge in [0.25, 0.3) is 0 Å². The Morgan fingerprint density at radius 1 is 0.323 bits per heavy atom. The van der Waals surface area contributed by atoms with E-state index in [4.69, 9.17) is 19.8 Å². The molecule has 0 aliphatic heterocycles. The number of hydrogen-bond donors (Lipinski definition) is 0. The van der Waals surface area contributed by atoms with Crippen molar-refractivity contribution in [2.24, 2.45) is 0 Å². The molecule has 0 aliphatic carbocycles. The van der Waals surface area contributed by atoms with Crippen LogP contribution in [0.4, 0.5) is 0 Å². The fourth-order valence-electron chi connectivity index (χ4n) is 10.0. The molecule has 2 heterocycles. The van der Waals surface area contributed by atoms with Gasteiger partial charge in [0.05, 0.1) is 24.7 Å². The van der Waals surface area contributed by atoms with Gasteiger partial charge in [-0.25, -0.2) is 0 Å². The quantitative estimate of drug-likeness (QED) is 0.161. The predicted octanol–water partition coefficient (Wildman–Crippen LogP) is 17.9. The second-order valence-corrected chi connectivity index (χ2v) is 16.5. The molecule has 0 fully saturated rings. The molecular weight excluding hydrogens is 789 g/mol. The van der Waals surface area contributed by atoms with Crippen molar-refractivity contribution in [1.29, 1.82) is 0 Å². The maximum atomic E-state index is 9.97. The first kappa shape index (κ1) is 22.2. The van der Waals surface area contributed by atoms with Crippen LogP contribution >= 0.6 is 0 Å². The van der Waals surface area contributed by atoms with Gasteiger partial charge in [0.2, 0.25) is 0 Å². The summed E-state index contributed by atoms with van der Waals surface area (Å²) in [5.74, 6) is 0. The van der Waals surface area contributed by atoms with Crippen molar-refractivity contribution >= 4 is 109 Å². The van der Waals surface area contributed by atoms with Gasteiger partial charge >= 0.3 is 0 Å². The molecule has 0 saturated heterocycles. The number of hydrogen-bond acceptors (Lipinski definition) is 2. The third-order valence-corrected chi connectivity index (χ3v) is 12.9. The van der Waals surface area contributed by atoms with E-state index in [1.807, 2.05) is 84.9 Å². The summed E-state index contributed by atoms with van der Waals surface area (Å²) in [5.41, 5.74) is 5.07. The lowest BCUT2D eigenvalue weighted by Crippen LogP contribution is -1.99. The highest BCUT2D eigenvalue weighted by atomic mass is 16.3. The third-order valence-electron chi connectivity index (χ3n) is 12.9. The number of furan rings is 2. The summed E-state index contributed by atoms with van der Waals surface area (Å²) in [7, 11) is 0. The average molecular weight is 843 g/mol. The Morgan fingerprint density at radius 3 is 1.46 bits per heavy atom. The summed E-state index contributed by atoms with van der Waals surface area (Å²) >= 11 is 0. The van der Waals surface area contributed by atoms with Crippen LogP contribution in [-0.4, -0.2) is 0 Å². The van der Waals surface area contributed by atoms with E-state index in [-0.39, 0.29) is 87.7 Å². The molecule has 0 radical (unpaired) electrons. The van der Waals surface area contributed by atoms with E-state index in [2.05, 4.69) is 0 Å². The van der Waals surface area contributed by atoms with Crippen LogP contribution in [-0.2, 0) is 6.42 Å². The van der Waals surface area contributed by atoms with Crippen LogP contribution in [0.25, 0.3) is 142 Å². The van der Waals surface area contributed by atoms with Gasteiger partial charge in [-0.05, 0) is 158 Å². The molecule has 2 aromatic heterocycles. The summed E-state index contributed by atoms with van der Waals surface area (Å²) < 4.78 is 181. The molecular formula is C63H36O2. The predicted molar refractivity (Wildman–Crippen MR) is 274 cm³/mol. The summed E-state index contributed by atoms with van der Waals surface area (Å²) in [4.78, 5) is 0. The van der Waals surface area contributed by atoms with Gasteiger partial charge in [0.15, 0.2) is 0 Å². The maximum Gasteiger partial charge on any atom is 0.135 e. The van der Waals surface area contributed by atoms with E-state index >= 15 is 0 Å². The third kappa shape index (κ3) is 5.05. The Labute approximate surface area is 398 Å². The maximum absolute atomic E-state index is 9.97. The van der Waals surface area contributed by atoms with Crippen molar-refractivity contribution in [3.8, 4) is 33.4 Å². The lowest BCUT2D eigenvalue weighted by atomic mass is 9.82. The fraction of sp³-hybridized carbons (Fsp3) is 0.0159. The fourth-order valence-corrected chi connectivity index (χ4v) is 10.0. The van der Waals surface area contributed by atoms with Gasteiger partial charge in [-0.1, -0.05) is 163 Å². The zero-order valence-electron chi connectivity index (χ0n) is 51.8. The van der Waals surface area contributed by atoms with Crippen LogP contribution in [0.3, 0.4) is 0 Å². The highest BCUT2D eigenvalue weighted by Gasteiger charge is 2.22. The average Bonchev–Trinajstić information content (AvgIpc) is 1.47. The Hall–Kier alpha value is -8.46. The van der Waals surface area contributed by atoms with Crippen molar-refractivity contribution in [3.63, 3.8) is 0 Å². The molecule has 15 rings (SSSR count). The zero-order chi connectivity index (χ0) is 58.0. The van der Waals surface area contributed by atoms with E-state index in [0.29, 0.717) is 50.1 Å². The molecule has 300 valence electrons. The number of para-hydroxylation sites is 2. The number of benzene rings is 13. The van der Waals surface area contributed by atoms with E-state index < -0.39 is 109 Å². The second kappa shape index (κ2) is 13.0. The minimum Gasteiger partial charge on any atom is -0.456 e. The molecule has 0 atom stereocenters. The highest BCUT2D eigenvalue weighted by Crippen LogP contribution is 2.47. The van der Waals surface area contributed by atoms with Crippen molar-refractivity contribution < 1.29 is 33.5 Å². The molecule has 15 aromatic rings. The molecule has 13 aromatic carbocycles. The van der Waals surface area contributed by atoms with Crippen molar-refractivity contribution in [2.45, 2.75) is 6.42 Å². The lowest BCUT2D eigenvalue weighted by molar-refractivity contribution is 0.668. The number of fused-ring (bicyclic) bond motifs is 6. The Balaban J connectivity index is 1.15. The van der Waals surface area contributed by atoms with Crippen LogP contribution in [0.1, 0.15) is 35.8 Å². The van der Waals surface area contributed by atoms with Crippen LogP contribution in [0.15, 0.2) is 215 Å². The smallest absolute Gasteiger partial charge is 0.135 e. The van der Waals surface area contributed by atoms with Gasteiger partial charge in [-0.15, -0.1) is 0 Å². The van der Waals surface area contributed by atoms with Crippen molar-refractivity contribution in [3.05, 3.63) is 217 Å². The molecule has 0 bridgehead atoms. The van der Waals surface area contributed by atoms with E-state index in [0.717, 1.165) is 21.5 Å². The van der Waals surface area contributed by atoms with Crippen molar-refractivity contribution in [2.75, 3.05) is 0 Å². The first-order valence-corrected chi connectivity index (χ1v) is 21.1. The molecule has 2 heteroatoms. The van der Waals surface area contributed by atoms with E-state index in [1.54, 1.807) is 12.1 Å². The Kier molecular flexibility index (Phi) is 4.46. The van der Waals surface area contributed by atoms with Gasteiger partial charge in [-0.2, -0.15) is 0 Å². The lowest BCUT2D eigenvalue weighted by Gasteiger charge is -2.21. The summed E-state index contributed by atoms with van der Waals surface area (Å²) in [6, 6.07) is 20.2. The van der Waals surface area contributed by atoms with Crippen LogP contribution in [0, 0.1) is 0 Å². The normalized spacial score (nSPS) is 16.2. The van der Waals surface area contributed by atoms with Crippen molar-refractivity contribution in [1.82, 2.24) is 0 Å². The monoisotopic (exact) mass is 842 g/mol. The van der Waals surface area contributed by atoms with Crippen LogP contribution in [0.2, 0.25) is 0 Å². The molecule has 65 heavy (non-hydrogen) atoms. The summed E-state index contributed by atoms with van der Waals surface area (Å²) in [5, 5.41) is 1.59. The van der Waals surface area contributed by atoms with Gasteiger partial charge < -0.3 is 8.83 Å². The Bertz CT molecular complexity index is 5480. The topological polar surface area (TPSA) is 26.3 Å². The minimum atomic E-state index is -0.608. The summed E-state index contributed by atoms with van der Waals surface area (Å²) in [6.45, 7) is 0. The van der Waals surface area contributed by atoms with Gasteiger partial charge in [0, 0.05) is 21.5 Å². The molecule has 0 spiro atoms. The molecule has 2 nitrogen and oxygen atoms in total. The largest absolute Gasteiger partial charge is 0.456 e. The van der Waals surface area contributed by atoms with Crippen LogP contribution < -0.4 is 0 Å². The highest BCUT2D eigenvalue weighted by molar-refractivity contribution is 6.26. The van der Waals surface area contributed by atoms with Gasteiger partial charge in [0.1, 0.15) is 22.3 Å². The van der Waals surface area contributed by atoms with E-state index in [9.17, 15) is 13.7 Å². The van der Waals surface area contributed by atoms with Crippen LogP contribution in [0.5, 0.6) is 0 Å². The standard InChI is InChI=1S/C63H36O2/c1-3-13-55-49(11-1)53-33-43(24-29-57(53)64-55)52-35-45(47-26-21-41-18-16-37-8-6-10-39-23-28-51(47)63(41)61(37)39)32-46(59(52)44-25-30-58-54(34-44)50-12-2-4-14-56(50)65-58)31-42-20-19-40-17-15-36-7-5-9-38-22-27-48(42)62(40)60(36)38/h1-30,32-35H,31H2/i5D,6D,7D,8D,9D,10D,15D,16D,17D,18D,19D,20D,21D,22D,23D,26D,27D,28D. The molecule has 0 amide bonds. The zero-order valence-corrected chi connectivity index (χ0v) is 33.8. The minimum absolute atomic E-state index is 0.00929. The molecule has 0 aliphatic rings. The molecule has 0 saturated carbocycles.